The van der Waals surface area contributed by atoms with Crippen molar-refractivity contribution >= 4 is 5.78 Å². The molecule has 0 aromatic heterocycles. The summed E-state index contributed by atoms with van der Waals surface area (Å²) in [5, 5.41) is 0. The number of unbranched alkanes of at least 4 members (excludes halogenated alkanes) is 3. The zero-order valence-corrected chi connectivity index (χ0v) is 13.0. The number of piperidine rings is 1. The molecular weight excluding hydrogens is 246 g/mol. The molecule has 1 saturated heterocycles. The number of nitrogens with zero attached hydrogens (tertiary/aromatic N) is 1. The number of allylic oxidation sites excluding steroid dienone is 1. The summed E-state index contributed by atoms with van der Waals surface area (Å²) in [6, 6.07) is 0.566. The maximum absolute atomic E-state index is 12.2. The molecule has 2 fully saturated rings. The summed E-state index contributed by atoms with van der Waals surface area (Å²) in [4.78, 5) is 14.9. The summed E-state index contributed by atoms with van der Waals surface area (Å²) in [5.74, 6) is 0.914. The highest BCUT2D eigenvalue weighted by molar-refractivity contribution is 5.82. The molecule has 0 amide bonds. The number of ketones is 1. The summed E-state index contributed by atoms with van der Waals surface area (Å²) >= 11 is 0. The van der Waals surface area contributed by atoms with Crippen molar-refractivity contribution in [2.24, 2.45) is 5.92 Å². The van der Waals surface area contributed by atoms with Crippen LogP contribution < -0.4 is 0 Å². The van der Waals surface area contributed by atoms with Gasteiger partial charge in [0.1, 0.15) is 5.78 Å². The average molecular weight is 277 g/mol. The van der Waals surface area contributed by atoms with E-state index in [1.165, 1.54) is 58.0 Å². The van der Waals surface area contributed by atoms with Gasteiger partial charge >= 0.3 is 0 Å². The molecule has 0 spiro atoms. The number of carbonyl (C=O) groups excluding carboxylic acids is 1. The minimum Gasteiger partial charge on any atom is -0.300 e. The van der Waals surface area contributed by atoms with E-state index in [1.54, 1.807) is 0 Å². The third-order valence-electron chi connectivity index (χ3n) is 5.08. The lowest BCUT2D eigenvalue weighted by Gasteiger charge is -2.41. The highest BCUT2D eigenvalue weighted by Crippen LogP contribution is 2.31. The van der Waals surface area contributed by atoms with Crippen LogP contribution in [0.25, 0.3) is 0 Å². The smallest absolute Gasteiger partial charge is 0.137 e. The molecule has 2 heteroatoms. The van der Waals surface area contributed by atoms with Crippen LogP contribution in [-0.4, -0.2) is 29.8 Å². The molecular formula is C18H31NO. The van der Waals surface area contributed by atoms with Crippen molar-refractivity contribution < 1.29 is 4.79 Å². The predicted molar refractivity (Wildman–Crippen MR) is 84.8 cm³/mol. The zero-order valence-electron chi connectivity index (χ0n) is 13.0. The number of hydrogen-bond acceptors (Lipinski definition) is 2. The van der Waals surface area contributed by atoms with E-state index in [2.05, 4.69) is 11.5 Å². The summed E-state index contributed by atoms with van der Waals surface area (Å²) < 4.78 is 0. The molecule has 0 radical (unpaired) electrons. The van der Waals surface area contributed by atoms with Crippen molar-refractivity contribution in [2.75, 3.05) is 13.1 Å². The predicted octanol–water partition coefficient (Wildman–Crippen LogP) is 4.35. The van der Waals surface area contributed by atoms with E-state index in [9.17, 15) is 4.79 Å². The molecule has 2 rings (SSSR count). The summed E-state index contributed by atoms with van der Waals surface area (Å²) in [7, 11) is 0. The molecule has 1 saturated carbocycles. The molecule has 0 N–H and O–H groups in total. The van der Waals surface area contributed by atoms with Crippen LogP contribution in [0.2, 0.25) is 0 Å². The molecule has 2 atom stereocenters. The molecule has 1 heterocycles. The third kappa shape index (κ3) is 4.44. The van der Waals surface area contributed by atoms with E-state index in [4.69, 9.17) is 0 Å². The first-order chi connectivity index (χ1) is 9.83. The van der Waals surface area contributed by atoms with Gasteiger partial charge in [-0.2, -0.15) is 0 Å². The van der Waals surface area contributed by atoms with E-state index in [-0.39, 0.29) is 0 Å². The topological polar surface area (TPSA) is 20.3 Å². The normalized spacial score (nSPS) is 28.5. The molecule has 0 bridgehead atoms. The first kappa shape index (κ1) is 15.8. The third-order valence-corrected chi connectivity index (χ3v) is 5.08. The molecule has 0 aromatic rings. The Morgan fingerprint density at radius 1 is 1.10 bits per heavy atom. The standard InChI is InChI=1S/C18H31NO/c1-2-3-4-5-9-14-19-15-10-8-12-17(19)16-11-6-7-13-18(16)20/h2,16-17H,1,3-15H2. The first-order valence-corrected chi connectivity index (χ1v) is 8.70. The minimum atomic E-state index is 0.359. The average Bonchev–Trinajstić information content (AvgIpc) is 2.48. The van der Waals surface area contributed by atoms with Gasteiger partial charge in [0.05, 0.1) is 0 Å². The van der Waals surface area contributed by atoms with Crippen molar-refractivity contribution in [2.45, 2.75) is 76.7 Å². The van der Waals surface area contributed by atoms with Gasteiger partial charge in [0.25, 0.3) is 0 Å². The van der Waals surface area contributed by atoms with Crippen LogP contribution in [0.5, 0.6) is 0 Å². The Balaban J connectivity index is 1.81. The van der Waals surface area contributed by atoms with Crippen molar-refractivity contribution in [3.05, 3.63) is 12.7 Å². The van der Waals surface area contributed by atoms with E-state index < -0.39 is 0 Å². The number of carbonyl (C=O) groups is 1. The first-order valence-electron chi connectivity index (χ1n) is 8.70. The monoisotopic (exact) mass is 277 g/mol. The van der Waals surface area contributed by atoms with Gasteiger partial charge in [-0.25, -0.2) is 0 Å². The van der Waals surface area contributed by atoms with E-state index in [0.29, 0.717) is 17.7 Å². The Labute approximate surface area is 124 Å². The largest absolute Gasteiger partial charge is 0.300 e. The summed E-state index contributed by atoms with van der Waals surface area (Å²) in [6.45, 7) is 6.20. The number of hydrogen-bond donors (Lipinski definition) is 0. The molecule has 0 aromatic carbocycles. The molecule has 1 aliphatic heterocycles. The van der Waals surface area contributed by atoms with E-state index in [1.807, 2.05) is 6.08 Å². The van der Waals surface area contributed by atoms with Gasteiger partial charge in [-0.15, -0.1) is 6.58 Å². The molecule has 20 heavy (non-hydrogen) atoms. The van der Waals surface area contributed by atoms with Crippen LogP contribution in [0.1, 0.15) is 70.6 Å². The minimum absolute atomic E-state index is 0.359. The summed E-state index contributed by atoms with van der Waals surface area (Å²) in [5.41, 5.74) is 0. The number of rotatable bonds is 7. The van der Waals surface area contributed by atoms with E-state index >= 15 is 0 Å². The van der Waals surface area contributed by atoms with Gasteiger partial charge in [0, 0.05) is 18.4 Å². The quantitative estimate of drug-likeness (QED) is 0.509. The van der Waals surface area contributed by atoms with Crippen molar-refractivity contribution in [1.82, 2.24) is 4.90 Å². The lowest BCUT2D eigenvalue weighted by atomic mass is 9.79. The molecule has 2 unspecified atom stereocenters. The van der Waals surface area contributed by atoms with Gasteiger partial charge in [-0.1, -0.05) is 25.3 Å². The molecule has 2 nitrogen and oxygen atoms in total. The maximum Gasteiger partial charge on any atom is 0.137 e. The van der Waals surface area contributed by atoms with Gasteiger partial charge in [0.15, 0.2) is 0 Å². The zero-order chi connectivity index (χ0) is 14.2. The van der Waals surface area contributed by atoms with Crippen LogP contribution in [0.15, 0.2) is 12.7 Å². The fourth-order valence-corrected chi connectivity index (χ4v) is 3.95. The Hall–Kier alpha value is -0.630. The van der Waals surface area contributed by atoms with Crippen molar-refractivity contribution in [3.63, 3.8) is 0 Å². The van der Waals surface area contributed by atoms with Gasteiger partial charge in [-0.3, -0.25) is 9.69 Å². The van der Waals surface area contributed by atoms with Crippen LogP contribution in [0.3, 0.4) is 0 Å². The fourth-order valence-electron chi connectivity index (χ4n) is 3.95. The van der Waals surface area contributed by atoms with Crippen LogP contribution in [-0.2, 0) is 4.79 Å². The van der Waals surface area contributed by atoms with Crippen LogP contribution >= 0.6 is 0 Å². The van der Waals surface area contributed by atoms with Crippen molar-refractivity contribution in [1.29, 1.82) is 0 Å². The van der Waals surface area contributed by atoms with Crippen LogP contribution in [0.4, 0.5) is 0 Å². The lowest BCUT2D eigenvalue weighted by Crippen LogP contribution is -2.47. The molecule has 1 aliphatic carbocycles. The SMILES string of the molecule is C=CCCCCCN1CCCCC1C1CCCCC1=O. The van der Waals surface area contributed by atoms with Gasteiger partial charge < -0.3 is 0 Å². The maximum atomic E-state index is 12.2. The molecule has 114 valence electrons. The summed E-state index contributed by atoms with van der Waals surface area (Å²) in [6.07, 6.45) is 15.3. The highest BCUT2D eigenvalue weighted by atomic mass is 16.1. The second-order valence-electron chi connectivity index (χ2n) is 6.56. The Bertz CT molecular complexity index is 313. The van der Waals surface area contributed by atoms with Crippen molar-refractivity contribution in [3.8, 4) is 0 Å². The van der Waals surface area contributed by atoms with E-state index in [0.717, 1.165) is 25.7 Å². The van der Waals surface area contributed by atoms with Gasteiger partial charge in [0.2, 0.25) is 0 Å². The molecule has 2 aliphatic rings. The second kappa shape index (κ2) is 8.61. The Morgan fingerprint density at radius 2 is 1.95 bits per heavy atom. The highest BCUT2D eigenvalue weighted by Gasteiger charge is 2.34. The lowest BCUT2D eigenvalue weighted by molar-refractivity contribution is -0.127. The van der Waals surface area contributed by atoms with Gasteiger partial charge in [-0.05, 0) is 58.0 Å². The fraction of sp³-hybridized carbons (Fsp3) is 0.833. The number of Topliss-reactive ketones (excluding diaryl/α,β-unsaturated/α-hetero) is 1. The Kier molecular flexibility index (Phi) is 6.78. The second-order valence-corrected chi connectivity index (χ2v) is 6.56. The van der Waals surface area contributed by atoms with Crippen LogP contribution in [0, 0.1) is 5.92 Å². The number of likely N-dealkylation sites (tertiary alicyclic amines) is 1. The Morgan fingerprint density at radius 3 is 2.75 bits per heavy atom.